The molecule has 0 bridgehead atoms. The number of hydrogen-bond donors (Lipinski definition) is 3. The first-order chi connectivity index (χ1) is 9.59. The molecule has 0 spiro atoms. The fourth-order valence-electron chi connectivity index (χ4n) is 2.59. The molecule has 108 valence electrons. The van der Waals surface area contributed by atoms with Crippen molar-refractivity contribution in [2.75, 3.05) is 5.32 Å². The SMILES string of the molecule is O=C(O)c1cccc(NC(=O)C2CCCCCC2)c1O. The first kappa shape index (κ1) is 14.4. The predicted octanol–water partition coefficient (Wildman–Crippen LogP) is 3.00. The minimum Gasteiger partial charge on any atom is -0.505 e. The van der Waals surface area contributed by atoms with E-state index in [1.807, 2.05) is 0 Å². The Labute approximate surface area is 117 Å². The number of phenols is 1. The maximum absolute atomic E-state index is 12.2. The van der Waals surface area contributed by atoms with Gasteiger partial charge in [-0.15, -0.1) is 0 Å². The summed E-state index contributed by atoms with van der Waals surface area (Å²) in [5, 5.41) is 21.5. The highest BCUT2D eigenvalue weighted by atomic mass is 16.4. The molecule has 1 fully saturated rings. The Bertz CT molecular complexity index is 505. The Morgan fingerprint density at radius 1 is 1.10 bits per heavy atom. The standard InChI is InChI=1S/C15H19NO4/c17-13-11(15(19)20)8-5-9-12(13)16-14(18)10-6-3-1-2-4-7-10/h5,8-10,17H,1-4,6-7H2,(H,16,18)(H,19,20). The number of carboxylic acid groups (broad SMARTS) is 1. The number of amides is 1. The number of nitrogens with one attached hydrogen (secondary N) is 1. The van der Waals surface area contributed by atoms with Crippen molar-refractivity contribution in [1.82, 2.24) is 0 Å². The summed E-state index contributed by atoms with van der Waals surface area (Å²) >= 11 is 0. The molecule has 0 radical (unpaired) electrons. The number of aromatic hydroxyl groups is 1. The van der Waals surface area contributed by atoms with E-state index in [-0.39, 0.29) is 28.8 Å². The van der Waals surface area contributed by atoms with Crippen molar-refractivity contribution >= 4 is 17.6 Å². The topological polar surface area (TPSA) is 86.6 Å². The highest BCUT2D eigenvalue weighted by molar-refractivity contribution is 5.98. The monoisotopic (exact) mass is 277 g/mol. The van der Waals surface area contributed by atoms with E-state index in [9.17, 15) is 14.7 Å². The summed E-state index contributed by atoms with van der Waals surface area (Å²) in [6.45, 7) is 0. The van der Waals surface area contributed by atoms with Crippen molar-refractivity contribution in [3.05, 3.63) is 23.8 Å². The Balaban J connectivity index is 2.11. The second kappa shape index (κ2) is 6.41. The lowest BCUT2D eigenvalue weighted by Gasteiger charge is -2.15. The molecule has 1 amide bonds. The third-order valence-electron chi connectivity index (χ3n) is 3.75. The molecule has 1 aliphatic rings. The lowest BCUT2D eigenvalue weighted by atomic mass is 9.99. The van der Waals surface area contributed by atoms with Crippen LogP contribution >= 0.6 is 0 Å². The number of carboxylic acids is 1. The lowest BCUT2D eigenvalue weighted by molar-refractivity contribution is -0.120. The number of rotatable bonds is 3. The van der Waals surface area contributed by atoms with Crippen LogP contribution in [0.2, 0.25) is 0 Å². The van der Waals surface area contributed by atoms with Gasteiger partial charge in [0.1, 0.15) is 5.56 Å². The van der Waals surface area contributed by atoms with E-state index in [1.54, 1.807) is 0 Å². The molecule has 0 atom stereocenters. The van der Waals surface area contributed by atoms with Crippen LogP contribution < -0.4 is 5.32 Å². The molecule has 0 unspecified atom stereocenters. The number of hydrogen-bond acceptors (Lipinski definition) is 3. The van der Waals surface area contributed by atoms with Crippen LogP contribution in [-0.4, -0.2) is 22.1 Å². The maximum Gasteiger partial charge on any atom is 0.339 e. The molecule has 3 N–H and O–H groups in total. The smallest absolute Gasteiger partial charge is 0.339 e. The summed E-state index contributed by atoms with van der Waals surface area (Å²) < 4.78 is 0. The van der Waals surface area contributed by atoms with E-state index in [0.29, 0.717) is 0 Å². The van der Waals surface area contributed by atoms with Gasteiger partial charge in [-0.1, -0.05) is 31.7 Å². The molecule has 0 aliphatic heterocycles. The third kappa shape index (κ3) is 3.29. The quantitative estimate of drug-likeness (QED) is 0.585. The molecule has 0 aromatic heterocycles. The van der Waals surface area contributed by atoms with Gasteiger partial charge in [0.2, 0.25) is 5.91 Å². The number of para-hydroxylation sites is 1. The zero-order chi connectivity index (χ0) is 14.5. The van der Waals surface area contributed by atoms with Crippen LogP contribution in [-0.2, 0) is 4.79 Å². The summed E-state index contributed by atoms with van der Waals surface area (Å²) in [5.74, 6) is -1.79. The van der Waals surface area contributed by atoms with Crippen LogP contribution in [0.25, 0.3) is 0 Å². The molecule has 5 heteroatoms. The summed E-state index contributed by atoms with van der Waals surface area (Å²) in [6, 6.07) is 4.32. The fraction of sp³-hybridized carbons (Fsp3) is 0.467. The minimum atomic E-state index is -1.21. The predicted molar refractivity (Wildman–Crippen MR) is 74.9 cm³/mol. The van der Waals surface area contributed by atoms with Gasteiger partial charge in [0.05, 0.1) is 5.69 Å². The minimum absolute atomic E-state index is 0.0506. The Morgan fingerprint density at radius 3 is 2.35 bits per heavy atom. The van der Waals surface area contributed by atoms with Crippen LogP contribution in [0.1, 0.15) is 48.9 Å². The molecule has 0 saturated heterocycles. The number of anilines is 1. The van der Waals surface area contributed by atoms with E-state index in [0.717, 1.165) is 38.5 Å². The summed E-state index contributed by atoms with van der Waals surface area (Å²) in [7, 11) is 0. The van der Waals surface area contributed by atoms with Crippen molar-refractivity contribution in [2.24, 2.45) is 5.92 Å². The van der Waals surface area contributed by atoms with Gasteiger partial charge in [-0.2, -0.15) is 0 Å². The molecular weight excluding hydrogens is 258 g/mol. The Morgan fingerprint density at radius 2 is 1.75 bits per heavy atom. The van der Waals surface area contributed by atoms with Gasteiger partial charge >= 0.3 is 5.97 Å². The average Bonchev–Trinajstić information content (AvgIpc) is 2.69. The van der Waals surface area contributed by atoms with Gasteiger partial charge in [-0.05, 0) is 25.0 Å². The fourth-order valence-corrected chi connectivity index (χ4v) is 2.59. The maximum atomic E-state index is 12.2. The highest BCUT2D eigenvalue weighted by Crippen LogP contribution is 2.29. The lowest BCUT2D eigenvalue weighted by Crippen LogP contribution is -2.22. The number of carbonyl (C=O) groups excluding carboxylic acids is 1. The molecule has 1 aliphatic carbocycles. The van der Waals surface area contributed by atoms with Crippen LogP contribution in [0.4, 0.5) is 5.69 Å². The normalized spacial score (nSPS) is 16.4. The van der Waals surface area contributed by atoms with Crippen molar-refractivity contribution < 1.29 is 19.8 Å². The third-order valence-corrected chi connectivity index (χ3v) is 3.75. The van der Waals surface area contributed by atoms with Gasteiger partial charge in [-0.3, -0.25) is 4.79 Å². The first-order valence-corrected chi connectivity index (χ1v) is 6.95. The molecule has 20 heavy (non-hydrogen) atoms. The molecule has 0 heterocycles. The number of aromatic carboxylic acids is 1. The van der Waals surface area contributed by atoms with Crippen LogP contribution in [0.3, 0.4) is 0 Å². The van der Waals surface area contributed by atoms with E-state index in [1.165, 1.54) is 18.2 Å². The first-order valence-electron chi connectivity index (χ1n) is 6.95. The number of benzene rings is 1. The van der Waals surface area contributed by atoms with Crippen LogP contribution in [0.5, 0.6) is 5.75 Å². The molecule has 2 rings (SSSR count). The zero-order valence-electron chi connectivity index (χ0n) is 11.3. The van der Waals surface area contributed by atoms with E-state index < -0.39 is 5.97 Å². The van der Waals surface area contributed by atoms with E-state index >= 15 is 0 Å². The van der Waals surface area contributed by atoms with Gasteiger partial charge < -0.3 is 15.5 Å². The molecule has 1 aromatic rings. The molecule has 1 aromatic carbocycles. The Hall–Kier alpha value is -2.04. The second-order valence-corrected chi connectivity index (χ2v) is 5.18. The van der Waals surface area contributed by atoms with Crippen molar-refractivity contribution in [3.8, 4) is 5.75 Å². The Kier molecular flexibility index (Phi) is 4.61. The highest BCUT2D eigenvalue weighted by Gasteiger charge is 2.22. The zero-order valence-corrected chi connectivity index (χ0v) is 11.3. The van der Waals surface area contributed by atoms with Gasteiger partial charge in [0, 0.05) is 5.92 Å². The van der Waals surface area contributed by atoms with Gasteiger partial charge in [0.15, 0.2) is 5.75 Å². The van der Waals surface area contributed by atoms with Crippen molar-refractivity contribution in [1.29, 1.82) is 0 Å². The number of carbonyl (C=O) groups is 2. The van der Waals surface area contributed by atoms with Gasteiger partial charge in [-0.25, -0.2) is 4.79 Å². The molecular formula is C15H19NO4. The molecule has 1 saturated carbocycles. The molecule has 5 nitrogen and oxygen atoms in total. The summed E-state index contributed by atoms with van der Waals surface area (Å²) in [5.41, 5.74) is -0.0391. The van der Waals surface area contributed by atoms with E-state index in [2.05, 4.69) is 5.32 Å². The van der Waals surface area contributed by atoms with Crippen molar-refractivity contribution in [2.45, 2.75) is 38.5 Å². The summed E-state index contributed by atoms with van der Waals surface area (Å²) in [4.78, 5) is 23.1. The average molecular weight is 277 g/mol. The summed E-state index contributed by atoms with van der Waals surface area (Å²) in [6.07, 6.45) is 6.10. The largest absolute Gasteiger partial charge is 0.505 e. The van der Waals surface area contributed by atoms with Crippen LogP contribution in [0.15, 0.2) is 18.2 Å². The second-order valence-electron chi connectivity index (χ2n) is 5.18. The van der Waals surface area contributed by atoms with Gasteiger partial charge in [0.25, 0.3) is 0 Å². The van der Waals surface area contributed by atoms with Crippen molar-refractivity contribution in [3.63, 3.8) is 0 Å². The van der Waals surface area contributed by atoms with Crippen LogP contribution in [0, 0.1) is 5.92 Å². The van der Waals surface area contributed by atoms with E-state index in [4.69, 9.17) is 5.11 Å².